The average Bonchev–Trinajstić information content (AvgIpc) is 2.34. The molecule has 0 bridgehead atoms. The second-order valence-electron chi connectivity index (χ2n) is 3.29. The second-order valence-corrected chi connectivity index (χ2v) is 3.29. The van der Waals surface area contributed by atoms with Gasteiger partial charge in [0.15, 0.2) is 0 Å². The van der Waals surface area contributed by atoms with Crippen molar-refractivity contribution in [1.82, 2.24) is 0 Å². The van der Waals surface area contributed by atoms with Gasteiger partial charge in [0.25, 0.3) is 0 Å². The average molecular weight is 215 g/mol. The highest BCUT2D eigenvalue weighted by Gasteiger charge is 2.11. The van der Waals surface area contributed by atoms with Gasteiger partial charge >= 0.3 is 0 Å². The zero-order valence-corrected chi connectivity index (χ0v) is 8.47. The Balaban J connectivity index is 2.51. The van der Waals surface area contributed by atoms with Crippen molar-refractivity contribution in [3.8, 4) is 0 Å². The maximum atomic E-state index is 13.5. The Labute approximate surface area is 92.7 Å². The molecule has 3 heteroatoms. The van der Waals surface area contributed by atoms with Gasteiger partial charge in [0.05, 0.1) is 0 Å². The summed E-state index contributed by atoms with van der Waals surface area (Å²) in [6.07, 6.45) is 0. The monoisotopic (exact) mass is 215 g/mol. The van der Waals surface area contributed by atoms with E-state index in [9.17, 15) is 4.39 Å². The lowest BCUT2D eigenvalue weighted by Crippen LogP contribution is -2.05. The first-order valence-electron chi connectivity index (χ1n) is 4.85. The van der Waals surface area contributed by atoms with Crippen LogP contribution in [0.15, 0.2) is 59.8 Å². The van der Waals surface area contributed by atoms with Crippen molar-refractivity contribution in [3.63, 3.8) is 0 Å². The highest BCUT2D eigenvalue weighted by molar-refractivity contribution is 6.12. The third-order valence-corrected chi connectivity index (χ3v) is 2.28. The Morgan fingerprint density at radius 3 is 2.19 bits per heavy atom. The van der Waals surface area contributed by atoms with Crippen molar-refractivity contribution >= 4 is 5.71 Å². The molecule has 16 heavy (non-hydrogen) atoms. The van der Waals surface area contributed by atoms with Crippen LogP contribution in [0.2, 0.25) is 0 Å². The molecule has 0 spiro atoms. The largest absolute Gasteiger partial charge is 0.410 e. The minimum absolute atomic E-state index is 0.235. The Morgan fingerprint density at radius 1 is 0.938 bits per heavy atom. The number of oxime groups is 1. The lowest BCUT2D eigenvalue weighted by atomic mass is 10.0. The van der Waals surface area contributed by atoms with Crippen LogP contribution in [0, 0.1) is 5.82 Å². The molecule has 0 atom stereocenters. The van der Waals surface area contributed by atoms with Crippen molar-refractivity contribution in [2.75, 3.05) is 0 Å². The van der Waals surface area contributed by atoms with Gasteiger partial charge in [-0.3, -0.25) is 0 Å². The molecule has 2 rings (SSSR count). The molecule has 2 aromatic carbocycles. The lowest BCUT2D eigenvalue weighted by Gasteiger charge is -2.05. The minimum atomic E-state index is -0.404. The fourth-order valence-electron chi connectivity index (χ4n) is 1.52. The summed E-state index contributed by atoms with van der Waals surface area (Å²) in [4.78, 5) is 0. The predicted octanol–water partition coefficient (Wildman–Crippen LogP) is 3.05. The van der Waals surface area contributed by atoms with Gasteiger partial charge in [-0.05, 0) is 12.1 Å². The number of hydrogen-bond acceptors (Lipinski definition) is 2. The van der Waals surface area contributed by atoms with E-state index < -0.39 is 5.82 Å². The van der Waals surface area contributed by atoms with Crippen LogP contribution in [0.1, 0.15) is 11.1 Å². The van der Waals surface area contributed by atoms with E-state index in [1.165, 1.54) is 6.07 Å². The fraction of sp³-hybridized carbons (Fsp3) is 0. The second kappa shape index (κ2) is 4.57. The van der Waals surface area contributed by atoms with Gasteiger partial charge in [-0.25, -0.2) is 4.39 Å². The maximum Gasteiger partial charge on any atom is 0.132 e. The van der Waals surface area contributed by atoms with E-state index in [0.717, 1.165) is 0 Å². The summed E-state index contributed by atoms with van der Waals surface area (Å²) in [5.41, 5.74) is 1.20. The summed E-state index contributed by atoms with van der Waals surface area (Å²) in [5.74, 6) is -0.404. The predicted molar refractivity (Wildman–Crippen MR) is 60.3 cm³/mol. The van der Waals surface area contributed by atoms with E-state index in [1.807, 2.05) is 6.07 Å². The van der Waals surface area contributed by atoms with E-state index in [0.29, 0.717) is 5.56 Å². The number of rotatable bonds is 2. The first-order chi connectivity index (χ1) is 7.83. The third-order valence-electron chi connectivity index (χ3n) is 2.28. The number of halogens is 1. The molecule has 0 heterocycles. The van der Waals surface area contributed by atoms with Crippen molar-refractivity contribution < 1.29 is 9.60 Å². The maximum absolute atomic E-state index is 13.5. The Bertz CT molecular complexity index is 508. The summed E-state index contributed by atoms with van der Waals surface area (Å²) >= 11 is 0. The van der Waals surface area contributed by atoms with Crippen LogP contribution in [0.3, 0.4) is 0 Å². The molecule has 0 aliphatic carbocycles. The number of nitrogens with zero attached hydrogens (tertiary/aromatic N) is 1. The first kappa shape index (κ1) is 10.4. The lowest BCUT2D eigenvalue weighted by molar-refractivity contribution is 0.319. The minimum Gasteiger partial charge on any atom is -0.410 e. The van der Waals surface area contributed by atoms with Crippen LogP contribution in [-0.4, -0.2) is 10.9 Å². The topological polar surface area (TPSA) is 32.6 Å². The molecule has 1 N–H and O–H groups in total. The van der Waals surface area contributed by atoms with Gasteiger partial charge in [0.1, 0.15) is 11.5 Å². The summed E-state index contributed by atoms with van der Waals surface area (Å²) in [6.45, 7) is 0. The van der Waals surface area contributed by atoms with Gasteiger partial charge in [0, 0.05) is 11.1 Å². The van der Waals surface area contributed by atoms with Gasteiger partial charge in [-0.15, -0.1) is 0 Å². The fourth-order valence-corrected chi connectivity index (χ4v) is 1.52. The molecule has 0 saturated heterocycles. The molecular formula is C13H10FNO. The van der Waals surface area contributed by atoms with Crippen molar-refractivity contribution in [2.24, 2.45) is 5.16 Å². The Kier molecular flexibility index (Phi) is 2.96. The van der Waals surface area contributed by atoms with Crippen molar-refractivity contribution in [2.45, 2.75) is 0 Å². The highest BCUT2D eigenvalue weighted by atomic mass is 19.1. The van der Waals surface area contributed by atoms with Crippen LogP contribution in [0.4, 0.5) is 4.39 Å². The van der Waals surface area contributed by atoms with Crippen LogP contribution < -0.4 is 0 Å². The molecule has 0 aliphatic rings. The van der Waals surface area contributed by atoms with Crippen molar-refractivity contribution in [1.29, 1.82) is 0 Å². The summed E-state index contributed by atoms with van der Waals surface area (Å²) in [7, 11) is 0. The van der Waals surface area contributed by atoms with E-state index in [2.05, 4.69) is 5.16 Å². The molecule has 2 nitrogen and oxygen atoms in total. The standard InChI is InChI=1S/C13H10FNO/c14-12-9-5-4-8-11(12)13(15-16)10-6-2-1-3-7-10/h1-9,16H/b15-13-. The molecular weight excluding hydrogens is 205 g/mol. The molecule has 0 amide bonds. The molecule has 2 aromatic rings. The Hall–Kier alpha value is -2.16. The summed E-state index contributed by atoms with van der Waals surface area (Å²) < 4.78 is 13.5. The summed E-state index contributed by atoms with van der Waals surface area (Å²) in [5, 5.41) is 12.1. The smallest absolute Gasteiger partial charge is 0.132 e. The van der Waals surface area contributed by atoms with E-state index >= 15 is 0 Å². The summed E-state index contributed by atoms with van der Waals surface area (Å²) in [6, 6.07) is 15.2. The quantitative estimate of drug-likeness (QED) is 0.466. The molecule has 0 aromatic heterocycles. The van der Waals surface area contributed by atoms with Gasteiger partial charge < -0.3 is 5.21 Å². The molecule has 80 valence electrons. The number of hydrogen-bond donors (Lipinski definition) is 1. The molecule has 0 radical (unpaired) electrons. The zero-order valence-electron chi connectivity index (χ0n) is 8.47. The highest BCUT2D eigenvalue weighted by Crippen LogP contribution is 2.13. The first-order valence-corrected chi connectivity index (χ1v) is 4.85. The zero-order chi connectivity index (χ0) is 11.4. The van der Waals surface area contributed by atoms with Gasteiger partial charge in [-0.1, -0.05) is 47.6 Å². The van der Waals surface area contributed by atoms with Crippen molar-refractivity contribution in [3.05, 3.63) is 71.5 Å². The van der Waals surface area contributed by atoms with Crippen LogP contribution >= 0.6 is 0 Å². The van der Waals surface area contributed by atoms with Crippen LogP contribution in [0.5, 0.6) is 0 Å². The van der Waals surface area contributed by atoms with Crippen LogP contribution in [0.25, 0.3) is 0 Å². The molecule has 0 unspecified atom stereocenters. The molecule has 0 saturated carbocycles. The van der Waals surface area contributed by atoms with E-state index in [4.69, 9.17) is 5.21 Å². The van der Waals surface area contributed by atoms with E-state index in [1.54, 1.807) is 42.5 Å². The van der Waals surface area contributed by atoms with Gasteiger partial charge in [0.2, 0.25) is 0 Å². The van der Waals surface area contributed by atoms with E-state index in [-0.39, 0.29) is 11.3 Å². The Morgan fingerprint density at radius 2 is 1.56 bits per heavy atom. The molecule has 0 fully saturated rings. The van der Waals surface area contributed by atoms with Gasteiger partial charge in [-0.2, -0.15) is 0 Å². The SMILES string of the molecule is O/N=C(/c1ccccc1)c1ccccc1F. The van der Waals surface area contributed by atoms with Crippen LogP contribution in [-0.2, 0) is 0 Å². The number of benzene rings is 2. The normalized spacial score (nSPS) is 11.4. The third kappa shape index (κ3) is 1.93. The molecule has 0 aliphatic heterocycles.